The lowest BCUT2D eigenvalue weighted by atomic mass is 10.1. The fourth-order valence-electron chi connectivity index (χ4n) is 3.20. The van der Waals surface area contributed by atoms with Gasteiger partial charge in [0.2, 0.25) is 5.89 Å². The zero-order valence-corrected chi connectivity index (χ0v) is 17.5. The number of hydrogen-bond donors (Lipinski definition) is 0. The van der Waals surface area contributed by atoms with Crippen LogP contribution in [0.2, 0.25) is 0 Å². The Morgan fingerprint density at radius 2 is 2.15 bits per heavy atom. The molecule has 3 rings (SSSR count). The fraction of sp³-hybridized carbons (Fsp3) is 0.556. The molecular formula is C18H25N3O4S2. The number of aromatic nitrogens is 2. The molecule has 9 heteroatoms. The zero-order valence-electron chi connectivity index (χ0n) is 15.8. The van der Waals surface area contributed by atoms with Crippen LogP contribution in [0.15, 0.2) is 22.6 Å². The monoisotopic (exact) mass is 411 g/mol. The van der Waals surface area contributed by atoms with E-state index < -0.39 is 9.84 Å². The molecule has 1 aromatic heterocycles. The first kappa shape index (κ1) is 20.2. The molecule has 148 valence electrons. The lowest BCUT2D eigenvalue weighted by molar-refractivity contribution is 0.0973. The van der Waals surface area contributed by atoms with Crippen molar-refractivity contribution in [2.75, 3.05) is 31.8 Å². The van der Waals surface area contributed by atoms with E-state index in [0.717, 1.165) is 11.1 Å². The highest BCUT2D eigenvalue weighted by Gasteiger charge is 2.32. The van der Waals surface area contributed by atoms with Crippen molar-refractivity contribution in [1.82, 2.24) is 14.7 Å². The Morgan fingerprint density at radius 1 is 1.37 bits per heavy atom. The Bertz CT molecular complexity index is 965. The van der Waals surface area contributed by atoms with E-state index >= 15 is 0 Å². The van der Waals surface area contributed by atoms with Gasteiger partial charge in [0.25, 0.3) is 4.84 Å². The minimum atomic E-state index is -2.98. The van der Waals surface area contributed by atoms with Crippen LogP contribution in [0.5, 0.6) is 0 Å². The first-order valence-electron chi connectivity index (χ1n) is 8.88. The zero-order chi connectivity index (χ0) is 19.6. The summed E-state index contributed by atoms with van der Waals surface area (Å²) in [6, 6.07) is 5.94. The fourth-order valence-corrected chi connectivity index (χ4v) is 5.14. The molecule has 0 saturated carbocycles. The summed E-state index contributed by atoms with van der Waals surface area (Å²) in [5.74, 6) is 0.847. The largest absolute Gasteiger partial charge is 0.409 e. The molecule has 0 spiro atoms. The Morgan fingerprint density at radius 3 is 2.78 bits per heavy atom. The molecular weight excluding hydrogens is 386 g/mol. The molecule has 0 N–H and O–H groups in total. The van der Waals surface area contributed by atoms with E-state index in [-0.39, 0.29) is 22.4 Å². The van der Waals surface area contributed by atoms with Crippen molar-refractivity contribution in [2.45, 2.75) is 33.0 Å². The summed E-state index contributed by atoms with van der Waals surface area (Å²) in [4.78, 5) is 2.32. The van der Waals surface area contributed by atoms with Gasteiger partial charge in [-0.25, -0.2) is 13.1 Å². The second kappa shape index (κ2) is 8.22. The predicted molar refractivity (Wildman–Crippen MR) is 106 cm³/mol. The van der Waals surface area contributed by atoms with Crippen LogP contribution in [0.25, 0.3) is 11.5 Å². The minimum Gasteiger partial charge on any atom is -0.409 e. The van der Waals surface area contributed by atoms with Gasteiger partial charge in [0.1, 0.15) is 0 Å². The molecule has 1 atom stereocenters. The summed E-state index contributed by atoms with van der Waals surface area (Å²) in [5, 5.41) is 4.52. The maximum absolute atomic E-state index is 11.9. The van der Waals surface area contributed by atoms with Crippen LogP contribution in [0.4, 0.5) is 0 Å². The van der Waals surface area contributed by atoms with Crippen LogP contribution in [-0.2, 0) is 21.2 Å². The molecule has 2 aromatic rings. The summed E-state index contributed by atoms with van der Waals surface area (Å²) < 4.78 is 36.2. The quantitative estimate of drug-likeness (QED) is 0.648. The summed E-state index contributed by atoms with van der Waals surface area (Å²) in [7, 11) is -1.35. The van der Waals surface area contributed by atoms with Gasteiger partial charge in [0.05, 0.1) is 24.8 Å². The molecule has 1 aliphatic rings. The van der Waals surface area contributed by atoms with Gasteiger partial charge in [-0.1, -0.05) is 6.07 Å². The third kappa shape index (κ3) is 4.84. The van der Waals surface area contributed by atoms with Gasteiger partial charge in [-0.05, 0) is 55.7 Å². The number of ether oxygens (including phenoxy) is 1. The number of rotatable bonds is 7. The topological polar surface area (TPSA) is 77.6 Å². The molecule has 0 bridgehead atoms. The smallest absolute Gasteiger partial charge is 0.288 e. The van der Waals surface area contributed by atoms with Crippen LogP contribution < -0.4 is 0 Å². The standard InChI is InChI=1S/C18H25N3O4S2/c1-13-4-5-15(10-14(13)2)17-19-21(18(26)25-17)12-20(7-8-24-3)16-6-9-27(22,23)11-16/h4-5,10,16H,6-9,11-12H2,1-3H3/t16-/m1/s1. The van der Waals surface area contributed by atoms with Gasteiger partial charge in [0.15, 0.2) is 9.84 Å². The summed E-state index contributed by atoms with van der Waals surface area (Å²) >= 11 is 5.34. The van der Waals surface area contributed by atoms with Crippen molar-refractivity contribution < 1.29 is 17.6 Å². The Balaban J connectivity index is 1.82. The highest BCUT2D eigenvalue weighted by molar-refractivity contribution is 7.91. The van der Waals surface area contributed by atoms with E-state index in [0.29, 0.717) is 32.1 Å². The molecule has 2 heterocycles. The first-order valence-corrected chi connectivity index (χ1v) is 11.1. The van der Waals surface area contributed by atoms with E-state index in [9.17, 15) is 8.42 Å². The van der Waals surface area contributed by atoms with Crippen LogP contribution in [0.1, 0.15) is 17.5 Å². The van der Waals surface area contributed by atoms with Crippen molar-refractivity contribution >= 4 is 22.1 Å². The van der Waals surface area contributed by atoms with Crippen LogP contribution in [0.3, 0.4) is 0 Å². The van der Waals surface area contributed by atoms with Crippen molar-refractivity contribution in [3.8, 4) is 11.5 Å². The molecule has 7 nitrogen and oxygen atoms in total. The van der Waals surface area contributed by atoms with Gasteiger partial charge in [-0.2, -0.15) is 0 Å². The molecule has 1 saturated heterocycles. The molecule has 0 aliphatic carbocycles. The number of nitrogens with zero attached hydrogens (tertiary/aromatic N) is 3. The van der Waals surface area contributed by atoms with Crippen LogP contribution in [0, 0.1) is 18.7 Å². The van der Waals surface area contributed by atoms with Gasteiger partial charge >= 0.3 is 0 Å². The van der Waals surface area contributed by atoms with Gasteiger partial charge in [-0.15, -0.1) is 5.10 Å². The van der Waals surface area contributed by atoms with E-state index in [2.05, 4.69) is 16.9 Å². The van der Waals surface area contributed by atoms with E-state index in [1.807, 2.05) is 25.1 Å². The first-order chi connectivity index (χ1) is 12.8. The summed E-state index contributed by atoms with van der Waals surface area (Å²) in [6.45, 7) is 5.57. The normalized spacial score (nSPS) is 19.0. The summed E-state index contributed by atoms with van der Waals surface area (Å²) in [5.41, 5.74) is 3.22. The van der Waals surface area contributed by atoms with Crippen molar-refractivity contribution in [3.63, 3.8) is 0 Å². The lowest BCUT2D eigenvalue weighted by Gasteiger charge is -2.27. The molecule has 1 aromatic carbocycles. The predicted octanol–water partition coefficient (Wildman–Crippen LogP) is 2.58. The number of aryl methyl sites for hydroxylation is 2. The van der Waals surface area contributed by atoms with Crippen molar-refractivity contribution in [3.05, 3.63) is 34.2 Å². The molecule has 0 unspecified atom stereocenters. The van der Waals surface area contributed by atoms with E-state index in [4.69, 9.17) is 21.4 Å². The molecule has 1 aliphatic heterocycles. The highest BCUT2D eigenvalue weighted by Crippen LogP contribution is 2.22. The SMILES string of the molecule is COCCN(Cn1nc(-c2ccc(C)c(C)c2)oc1=S)[C@@H]1CCS(=O)(=O)C1. The van der Waals surface area contributed by atoms with Crippen LogP contribution >= 0.6 is 12.2 Å². The summed E-state index contributed by atoms with van der Waals surface area (Å²) in [6.07, 6.45) is 0.612. The number of hydrogen-bond acceptors (Lipinski definition) is 7. The van der Waals surface area contributed by atoms with Gasteiger partial charge in [0, 0.05) is 25.3 Å². The molecule has 0 amide bonds. The van der Waals surface area contributed by atoms with Gasteiger partial charge in [-0.3, -0.25) is 4.90 Å². The third-order valence-corrected chi connectivity index (χ3v) is 7.03. The third-order valence-electron chi connectivity index (χ3n) is 4.98. The molecule has 1 fully saturated rings. The number of benzene rings is 1. The average molecular weight is 412 g/mol. The highest BCUT2D eigenvalue weighted by atomic mass is 32.2. The maximum atomic E-state index is 11.9. The van der Waals surface area contributed by atoms with Crippen molar-refractivity contribution in [2.24, 2.45) is 0 Å². The Hall–Kier alpha value is -1.55. The number of methoxy groups -OCH3 is 1. The minimum absolute atomic E-state index is 0.0613. The number of sulfone groups is 1. The second-order valence-electron chi connectivity index (χ2n) is 6.98. The van der Waals surface area contributed by atoms with Gasteiger partial charge < -0.3 is 9.15 Å². The average Bonchev–Trinajstić information content (AvgIpc) is 3.16. The Kier molecular flexibility index (Phi) is 6.15. The lowest BCUT2D eigenvalue weighted by Crippen LogP contribution is -2.40. The molecule has 27 heavy (non-hydrogen) atoms. The Labute approximate surface area is 164 Å². The maximum Gasteiger partial charge on any atom is 0.288 e. The van der Waals surface area contributed by atoms with Crippen molar-refractivity contribution in [1.29, 1.82) is 0 Å². The van der Waals surface area contributed by atoms with E-state index in [1.165, 1.54) is 5.56 Å². The second-order valence-corrected chi connectivity index (χ2v) is 9.55. The van der Waals surface area contributed by atoms with Crippen LogP contribution in [-0.4, -0.2) is 60.9 Å². The van der Waals surface area contributed by atoms with E-state index in [1.54, 1.807) is 11.8 Å². The molecule has 0 radical (unpaired) electrons.